The van der Waals surface area contributed by atoms with E-state index in [0.717, 1.165) is 4.90 Å². The first-order chi connectivity index (χ1) is 8.93. The van der Waals surface area contributed by atoms with Gasteiger partial charge in [0.05, 0.1) is 0 Å². The molecule has 0 saturated heterocycles. The largest absolute Gasteiger partial charge is 1.00 e. The predicted molar refractivity (Wildman–Crippen MR) is 70.6 cm³/mol. The van der Waals surface area contributed by atoms with E-state index < -0.39 is 23.8 Å². The molecule has 1 aromatic rings. The summed E-state index contributed by atoms with van der Waals surface area (Å²) in [6.45, 7) is 1.28. The van der Waals surface area contributed by atoms with Crippen molar-refractivity contribution in [2.75, 3.05) is 4.90 Å². The van der Waals surface area contributed by atoms with Crippen molar-refractivity contribution in [3.8, 4) is 0 Å². The second-order valence-corrected chi connectivity index (χ2v) is 4.08. The fourth-order valence-electron chi connectivity index (χ4n) is 1.81. The first kappa shape index (κ1) is 18.6. The number of carboxylic acid groups (broad SMARTS) is 1. The summed E-state index contributed by atoms with van der Waals surface area (Å²) in [4.78, 5) is 34.9. The average Bonchev–Trinajstić information content (AvgIpc) is 2.34. The predicted octanol–water partition coefficient (Wildman–Crippen LogP) is -2.13. The van der Waals surface area contributed by atoms with Crippen LogP contribution in [0.5, 0.6) is 0 Å². The van der Waals surface area contributed by atoms with Gasteiger partial charge in [0.1, 0.15) is 6.04 Å². The zero-order valence-electron chi connectivity index (χ0n) is 12.6. The van der Waals surface area contributed by atoms with E-state index in [-0.39, 0.29) is 43.8 Å². The molecule has 0 heterocycles. The van der Waals surface area contributed by atoms with Gasteiger partial charge in [-0.25, -0.2) is 4.79 Å². The van der Waals surface area contributed by atoms with Gasteiger partial charge in [-0.3, -0.25) is 14.5 Å². The molecule has 20 heavy (non-hydrogen) atoms. The first-order valence-corrected chi connectivity index (χ1v) is 5.79. The molecule has 0 aliphatic rings. The molecule has 1 unspecified atom stereocenters. The van der Waals surface area contributed by atoms with Crippen molar-refractivity contribution < 1.29 is 50.5 Å². The van der Waals surface area contributed by atoms with E-state index in [1.807, 2.05) is 0 Å². The van der Waals surface area contributed by atoms with E-state index in [4.69, 9.17) is 5.73 Å². The normalized spacial score (nSPS) is 11.1. The summed E-state index contributed by atoms with van der Waals surface area (Å²) < 4.78 is 0. The fraction of sp³-hybridized carbons (Fsp3) is 0.308. The van der Waals surface area contributed by atoms with Gasteiger partial charge in [0.25, 0.3) is 0 Å². The van der Waals surface area contributed by atoms with Gasteiger partial charge >= 0.3 is 35.5 Å². The summed E-state index contributed by atoms with van der Waals surface area (Å²) in [6.07, 6.45) is -0.104. The van der Waals surface area contributed by atoms with Gasteiger partial charge in [-0.1, -0.05) is 18.2 Å². The number of rotatable bonds is 6. The minimum Gasteiger partial charge on any atom is -1.00 e. The van der Waals surface area contributed by atoms with Crippen molar-refractivity contribution in [2.45, 2.75) is 25.8 Å². The van der Waals surface area contributed by atoms with Crippen LogP contribution in [-0.4, -0.2) is 28.9 Å². The zero-order chi connectivity index (χ0) is 14.4. The van der Waals surface area contributed by atoms with Crippen molar-refractivity contribution in [2.24, 2.45) is 5.73 Å². The molecule has 0 radical (unpaired) electrons. The SMILES string of the molecule is CC(=O)N(c1ccccc1)C(CCC(N)=O)C(=O)O.[H-].[Na+]. The molecule has 0 bridgehead atoms. The number of nitrogens with two attached hydrogens (primary N) is 1. The molecule has 0 spiro atoms. The monoisotopic (exact) mass is 288 g/mol. The Kier molecular flexibility index (Phi) is 8.13. The van der Waals surface area contributed by atoms with E-state index in [0.29, 0.717) is 5.69 Å². The van der Waals surface area contributed by atoms with Crippen molar-refractivity contribution >= 4 is 23.5 Å². The molecule has 0 saturated carbocycles. The average molecular weight is 288 g/mol. The van der Waals surface area contributed by atoms with Crippen LogP contribution in [0.4, 0.5) is 5.69 Å². The number of nitrogens with zero attached hydrogens (tertiary/aromatic N) is 1. The van der Waals surface area contributed by atoms with Crippen molar-refractivity contribution in [3.63, 3.8) is 0 Å². The number of aliphatic carboxylic acids is 1. The second-order valence-electron chi connectivity index (χ2n) is 4.08. The smallest absolute Gasteiger partial charge is 1.00 e. The Morgan fingerprint density at radius 2 is 1.85 bits per heavy atom. The number of carbonyl (C=O) groups excluding carboxylic acids is 2. The number of hydrogen-bond acceptors (Lipinski definition) is 3. The van der Waals surface area contributed by atoms with Crippen LogP contribution >= 0.6 is 0 Å². The van der Waals surface area contributed by atoms with Crippen LogP contribution in [0.25, 0.3) is 0 Å². The second kappa shape index (κ2) is 8.73. The van der Waals surface area contributed by atoms with Crippen LogP contribution in [0.15, 0.2) is 30.3 Å². The van der Waals surface area contributed by atoms with E-state index in [9.17, 15) is 19.5 Å². The molecule has 1 atom stereocenters. The number of para-hydroxylation sites is 1. The summed E-state index contributed by atoms with van der Waals surface area (Å²) in [5, 5.41) is 9.22. The Morgan fingerprint density at radius 3 is 2.25 bits per heavy atom. The Labute approximate surface area is 140 Å². The molecule has 0 aromatic heterocycles. The summed E-state index contributed by atoms with van der Waals surface area (Å²) in [7, 11) is 0. The zero-order valence-corrected chi connectivity index (χ0v) is 13.6. The molecule has 2 amide bonds. The molecular formula is C13H17N2NaO4. The Bertz CT molecular complexity index is 484. The number of carbonyl (C=O) groups is 3. The molecule has 6 nitrogen and oxygen atoms in total. The first-order valence-electron chi connectivity index (χ1n) is 5.79. The third-order valence-electron chi connectivity index (χ3n) is 2.63. The minimum absolute atomic E-state index is 0. The Morgan fingerprint density at radius 1 is 1.30 bits per heavy atom. The maximum atomic E-state index is 11.7. The summed E-state index contributed by atoms with van der Waals surface area (Å²) in [6, 6.07) is 7.35. The third kappa shape index (κ3) is 5.32. The molecule has 1 aromatic carbocycles. The number of primary amides is 1. The van der Waals surface area contributed by atoms with E-state index >= 15 is 0 Å². The van der Waals surface area contributed by atoms with Gasteiger partial charge in [-0.2, -0.15) is 0 Å². The standard InChI is InChI=1S/C13H16N2O4.Na.H/c1-9(16)15(10-5-3-2-4-6-10)11(13(18)19)7-8-12(14)17;;/h2-6,11H,7-8H2,1H3,(H2,14,17)(H,18,19);;/q;+1;-1. The molecule has 3 N–H and O–H groups in total. The number of anilines is 1. The van der Waals surface area contributed by atoms with Crippen molar-refractivity contribution in [3.05, 3.63) is 30.3 Å². The van der Waals surface area contributed by atoms with Crippen LogP contribution in [0.3, 0.4) is 0 Å². The molecule has 7 heteroatoms. The molecule has 0 fully saturated rings. The number of carboxylic acids is 1. The third-order valence-corrected chi connectivity index (χ3v) is 2.63. The van der Waals surface area contributed by atoms with Gasteiger partial charge in [-0.15, -0.1) is 0 Å². The van der Waals surface area contributed by atoms with Crippen LogP contribution in [-0.2, 0) is 14.4 Å². The molecule has 104 valence electrons. The molecular weight excluding hydrogens is 271 g/mol. The number of hydrogen-bond donors (Lipinski definition) is 2. The van der Waals surface area contributed by atoms with E-state index in [1.54, 1.807) is 30.3 Å². The Hall–Kier alpha value is -1.37. The van der Waals surface area contributed by atoms with Gasteiger partial charge in [0.2, 0.25) is 11.8 Å². The van der Waals surface area contributed by atoms with Crippen molar-refractivity contribution in [1.29, 1.82) is 0 Å². The minimum atomic E-state index is -1.17. The maximum Gasteiger partial charge on any atom is 1.00 e. The van der Waals surface area contributed by atoms with Gasteiger partial charge in [0.15, 0.2) is 0 Å². The van der Waals surface area contributed by atoms with Crippen LogP contribution < -0.4 is 40.2 Å². The number of amides is 2. The van der Waals surface area contributed by atoms with E-state index in [1.165, 1.54) is 6.92 Å². The fourth-order valence-corrected chi connectivity index (χ4v) is 1.81. The number of benzene rings is 1. The van der Waals surface area contributed by atoms with E-state index in [2.05, 4.69) is 0 Å². The summed E-state index contributed by atoms with van der Waals surface area (Å²) >= 11 is 0. The van der Waals surface area contributed by atoms with Gasteiger partial charge in [0, 0.05) is 19.0 Å². The quantitative estimate of drug-likeness (QED) is 0.584. The van der Waals surface area contributed by atoms with Gasteiger partial charge in [-0.05, 0) is 18.6 Å². The maximum absolute atomic E-state index is 11.7. The summed E-state index contributed by atoms with van der Waals surface area (Å²) in [5.74, 6) is -2.16. The topological polar surface area (TPSA) is 101 Å². The van der Waals surface area contributed by atoms with Crippen LogP contribution in [0.2, 0.25) is 0 Å². The van der Waals surface area contributed by atoms with Gasteiger partial charge < -0.3 is 12.3 Å². The van der Waals surface area contributed by atoms with Crippen LogP contribution in [0.1, 0.15) is 21.2 Å². The molecule has 0 aliphatic heterocycles. The molecule has 0 aliphatic carbocycles. The molecule has 1 rings (SSSR count). The summed E-state index contributed by atoms with van der Waals surface area (Å²) in [5.41, 5.74) is 5.50. The van der Waals surface area contributed by atoms with Crippen molar-refractivity contribution in [1.82, 2.24) is 0 Å². The Balaban J connectivity index is 0. The van der Waals surface area contributed by atoms with Crippen LogP contribution in [0, 0.1) is 0 Å².